The van der Waals surface area contributed by atoms with Gasteiger partial charge in [0.15, 0.2) is 0 Å². The van der Waals surface area contributed by atoms with E-state index in [1.165, 1.54) is 36.4 Å². The van der Waals surface area contributed by atoms with Gasteiger partial charge in [0, 0.05) is 11.1 Å². The predicted octanol–water partition coefficient (Wildman–Crippen LogP) is -4.38. The number of carboxylic acids is 2. The number of Topliss-reactive ketones (excluding diaryl/α,β-unsaturated/α-hetero) is 1. The third-order valence-electron chi connectivity index (χ3n) is 4.97. The van der Waals surface area contributed by atoms with E-state index in [2.05, 4.69) is 0 Å². The van der Waals surface area contributed by atoms with Crippen LogP contribution in [0.2, 0.25) is 0 Å². The van der Waals surface area contributed by atoms with Crippen LogP contribution < -0.4 is 57.4 Å². The second-order valence-electron chi connectivity index (χ2n) is 7.72. The van der Waals surface area contributed by atoms with Crippen LogP contribution >= 0.6 is 0 Å². The van der Waals surface area contributed by atoms with Crippen molar-refractivity contribution in [3.63, 3.8) is 0 Å². The Morgan fingerprint density at radius 3 is 1.49 bits per heavy atom. The van der Waals surface area contributed by atoms with Crippen molar-refractivity contribution in [2.75, 3.05) is 26.4 Å². The molecule has 9 nitrogen and oxygen atoms in total. The normalized spacial score (nSPS) is 10.5. The number of unbranched alkanes of at least 4 members (excludes halogenated alkanes) is 2. The molecule has 0 saturated heterocycles. The van der Waals surface area contributed by atoms with E-state index in [1.54, 1.807) is 12.1 Å². The van der Waals surface area contributed by atoms with Crippen LogP contribution in [0.25, 0.3) is 0 Å². The third kappa shape index (κ3) is 11.0. The maximum absolute atomic E-state index is 13.8. The van der Waals surface area contributed by atoms with Gasteiger partial charge in [-0.3, -0.25) is 4.79 Å². The zero-order valence-electron chi connectivity index (χ0n) is 21.9. The van der Waals surface area contributed by atoms with E-state index in [0.29, 0.717) is 18.4 Å². The molecule has 0 unspecified atom stereocenters. The maximum Gasteiger partial charge on any atom is 1.00 e. The number of carboxylic acid groups (broad SMARTS) is 2. The fraction of sp³-hybridized carbons (Fsp3) is 0.423. The number of hydrogen-bond acceptors (Lipinski definition) is 9. The van der Waals surface area contributed by atoms with E-state index >= 15 is 0 Å². The molecule has 0 amide bonds. The molecule has 2 aromatic carbocycles. The van der Waals surface area contributed by atoms with Crippen LogP contribution in [0.5, 0.6) is 11.5 Å². The zero-order valence-corrected chi connectivity index (χ0v) is 21.9. The van der Waals surface area contributed by atoms with E-state index in [-0.39, 0.29) is 68.0 Å². The van der Waals surface area contributed by atoms with Crippen LogP contribution in [-0.2, 0) is 24.8 Å². The number of benzene rings is 2. The molecule has 11 heteroatoms. The summed E-state index contributed by atoms with van der Waals surface area (Å²) in [6.07, 6.45) is 3.10. The first kappa shape index (κ1) is 34.8. The Hall–Kier alpha value is -2.24. The molecule has 0 aliphatic rings. The van der Waals surface area contributed by atoms with Gasteiger partial charge in [-0.05, 0) is 61.4 Å². The average molecular weight is 500 g/mol. The topological polar surface area (TPSA) is 134 Å². The molecular weight excluding hydrogens is 470 g/mol. The molecule has 0 heterocycles. The van der Waals surface area contributed by atoms with Crippen molar-refractivity contribution in [1.82, 2.24) is 0 Å². The maximum atomic E-state index is 13.8. The predicted molar refractivity (Wildman–Crippen MR) is 122 cm³/mol. The summed E-state index contributed by atoms with van der Waals surface area (Å²) in [5, 5.41) is 21.3. The smallest absolute Gasteiger partial charge is 0.546 e. The van der Waals surface area contributed by atoms with Gasteiger partial charge in [-0.15, -0.1) is 0 Å². The summed E-state index contributed by atoms with van der Waals surface area (Å²) in [7, 11) is 0. The van der Waals surface area contributed by atoms with Crippen LogP contribution in [0.15, 0.2) is 48.5 Å². The monoisotopic (exact) mass is 500 g/mol. The standard InChI is InChI=1S/C26H32O9.2Li/c1-3-5-15-34-26(35-16-6-4-2,20-9-13-22(14-10-20)33-18-24(29)30)25(31)19-7-11-21(12-8-19)32-17-23(27)28;;/h7-14H,3-6,15-18H2,1-2H3,(H,27,28)(H,29,30);;/q;2*+1/p-2. The minimum Gasteiger partial charge on any atom is -0.546 e. The molecular formula is C26H30Li2O9. The summed E-state index contributed by atoms with van der Waals surface area (Å²) >= 11 is 0. The first-order valence-electron chi connectivity index (χ1n) is 11.5. The molecule has 0 spiro atoms. The number of carbonyl (C=O) groups excluding carboxylic acids is 3. The number of ether oxygens (including phenoxy) is 4. The van der Waals surface area contributed by atoms with Crippen molar-refractivity contribution >= 4 is 17.7 Å². The largest absolute Gasteiger partial charge is 1.00 e. The molecule has 0 N–H and O–H groups in total. The van der Waals surface area contributed by atoms with E-state index in [1.807, 2.05) is 13.8 Å². The Labute approximate surface area is 241 Å². The van der Waals surface area contributed by atoms with Gasteiger partial charge in [-0.25, -0.2) is 0 Å². The molecule has 0 aliphatic carbocycles. The van der Waals surface area contributed by atoms with Crippen molar-refractivity contribution < 1.29 is 81.3 Å². The second-order valence-corrected chi connectivity index (χ2v) is 7.72. The minimum absolute atomic E-state index is 0. The molecule has 0 atom stereocenters. The van der Waals surface area contributed by atoms with E-state index in [4.69, 9.17) is 18.9 Å². The molecule has 190 valence electrons. The molecule has 2 aromatic rings. The number of aliphatic carboxylic acids is 2. The van der Waals surface area contributed by atoms with E-state index in [0.717, 1.165) is 12.8 Å². The summed E-state index contributed by atoms with van der Waals surface area (Å²) in [6.45, 7) is 3.33. The quantitative estimate of drug-likeness (QED) is 0.0914. The molecule has 0 fully saturated rings. The Morgan fingerprint density at radius 2 is 1.11 bits per heavy atom. The van der Waals surface area contributed by atoms with E-state index in [9.17, 15) is 24.6 Å². The first-order chi connectivity index (χ1) is 16.8. The summed E-state index contributed by atoms with van der Waals surface area (Å²) < 4.78 is 22.5. The van der Waals surface area contributed by atoms with Crippen molar-refractivity contribution in [3.05, 3.63) is 59.7 Å². The van der Waals surface area contributed by atoms with Gasteiger partial charge in [0.1, 0.15) is 24.7 Å². The van der Waals surface area contributed by atoms with E-state index < -0.39 is 36.7 Å². The van der Waals surface area contributed by atoms with Gasteiger partial charge in [0.25, 0.3) is 5.79 Å². The Kier molecular flexibility index (Phi) is 17.0. The number of hydrogen-bond donors (Lipinski definition) is 0. The summed E-state index contributed by atoms with van der Waals surface area (Å²) in [4.78, 5) is 35.1. The van der Waals surface area contributed by atoms with Gasteiger partial charge in [0.05, 0.1) is 25.2 Å². The fourth-order valence-electron chi connectivity index (χ4n) is 3.14. The summed E-state index contributed by atoms with van der Waals surface area (Å²) in [5.74, 6) is -4.34. The molecule has 0 aliphatic heterocycles. The van der Waals surface area contributed by atoms with Crippen molar-refractivity contribution in [2.45, 2.75) is 45.3 Å². The van der Waals surface area contributed by atoms with Gasteiger partial charge in [-0.1, -0.05) is 26.7 Å². The van der Waals surface area contributed by atoms with Gasteiger partial charge in [-0.2, -0.15) is 0 Å². The summed E-state index contributed by atoms with van der Waals surface area (Å²) in [6, 6.07) is 12.2. The number of rotatable bonds is 17. The van der Waals surface area contributed by atoms with Gasteiger partial charge >= 0.3 is 37.7 Å². The second kappa shape index (κ2) is 18.1. The number of carbonyl (C=O) groups is 3. The first-order valence-corrected chi connectivity index (χ1v) is 11.5. The molecule has 37 heavy (non-hydrogen) atoms. The SMILES string of the molecule is CCCCOC(OCCCC)(C(=O)c1ccc(OCC(=O)[O-])cc1)c1ccc(OCC(=O)[O-])cc1.[Li+].[Li+]. The van der Waals surface area contributed by atoms with Gasteiger partial charge in [0.2, 0.25) is 5.78 Å². The summed E-state index contributed by atoms with van der Waals surface area (Å²) in [5.41, 5.74) is 0.698. The van der Waals surface area contributed by atoms with Crippen LogP contribution in [0, 0.1) is 0 Å². The Morgan fingerprint density at radius 1 is 0.703 bits per heavy atom. The van der Waals surface area contributed by atoms with Crippen molar-refractivity contribution in [1.29, 1.82) is 0 Å². The third-order valence-corrected chi connectivity index (χ3v) is 4.97. The van der Waals surface area contributed by atoms with Crippen molar-refractivity contribution in [3.8, 4) is 11.5 Å². The van der Waals surface area contributed by atoms with Crippen LogP contribution in [0.3, 0.4) is 0 Å². The molecule has 2 rings (SSSR count). The molecule has 0 saturated carbocycles. The number of ketones is 1. The average Bonchev–Trinajstić information content (AvgIpc) is 2.85. The molecule has 0 bridgehead atoms. The van der Waals surface area contributed by atoms with Crippen LogP contribution in [-0.4, -0.2) is 44.1 Å². The van der Waals surface area contributed by atoms with Crippen LogP contribution in [0.4, 0.5) is 0 Å². The Balaban J connectivity index is 0.00000648. The van der Waals surface area contributed by atoms with Crippen molar-refractivity contribution in [2.24, 2.45) is 0 Å². The zero-order chi connectivity index (χ0) is 25.7. The van der Waals surface area contributed by atoms with Crippen LogP contribution in [0.1, 0.15) is 55.5 Å². The fourth-order valence-corrected chi connectivity index (χ4v) is 3.14. The minimum atomic E-state index is -1.75. The Bertz CT molecular complexity index is 953. The van der Waals surface area contributed by atoms with Gasteiger partial charge < -0.3 is 38.7 Å². The molecule has 0 aromatic heterocycles. The molecule has 0 radical (unpaired) electrons.